The molecule has 16 heavy (non-hydrogen) atoms. The number of benzene rings is 1. The van der Waals surface area contributed by atoms with E-state index in [-0.39, 0.29) is 18.4 Å². The van der Waals surface area contributed by atoms with Gasteiger partial charge in [-0.05, 0) is 31.0 Å². The van der Waals surface area contributed by atoms with Crippen LogP contribution in [0.3, 0.4) is 0 Å². The van der Waals surface area contributed by atoms with Gasteiger partial charge in [0.1, 0.15) is 0 Å². The summed E-state index contributed by atoms with van der Waals surface area (Å²) >= 11 is 0. The van der Waals surface area contributed by atoms with Crippen LogP contribution in [0, 0.1) is 0 Å². The number of fused-ring (bicyclic) bond motifs is 1. The van der Waals surface area contributed by atoms with Gasteiger partial charge in [-0.15, -0.1) is 0 Å². The summed E-state index contributed by atoms with van der Waals surface area (Å²) in [7, 11) is 0. The quantitative estimate of drug-likeness (QED) is 0.864. The summed E-state index contributed by atoms with van der Waals surface area (Å²) in [4.78, 5) is 0. The van der Waals surface area contributed by atoms with Crippen LogP contribution in [0.2, 0.25) is 0 Å². The van der Waals surface area contributed by atoms with Crippen LogP contribution in [-0.2, 0) is 6.42 Å². The second kappa shape index (κ2) is 4.25. The van der Waals surface area contributed by atoms with Gasteiger partial charge >= 0.3 is 0 Å². The minimum absolute atomic E-state index is 0.0263. The number of halogens is 2. The van der Waals surface area contributed by atoms with Gasteiger partial charge in [0.15, 0.2) is 11.5 Å². The minimum atomic E-state index is -2.52. The molecule has 1 aromatic rings. The van der Waals surface area contributed by atoms with Gasteiger partial charge in [0.05, 0.1) is 0 Å². The van der Waals surface area contributed by atoms with Gasteiger partial charge < -0.3 is 15.2 Å². The standard InChI is InChI=1S/C11H13F2NO2/c1-6(14)2-7-3-9-10(16-5-15-9)4-8(7)11(12)13/h3-4,6,11H,2,5,14H2,1H3. The Morgan fingerprint density at radius 1 is 1.31 bits per heavy atom. The van der Waals surface area contributed by atoms with Gasteiger partial charge in [-0.25, -0.2) is 8.78 Å². The van der Waals surface area contributed by atoms with Crippen LogP contribution in [0.5, 0.6) is 11.5 Å². The Morgan fingerprint density at radius 3 is 2.50 bits per heavy atom. The summed E-state index contributed by atoms with van der Waals surface area (Å²) in [5.41, 5.74) is 6.12. The van der Waals surface area contributed by atoms with Crippen LogP contribution in [0.15, 0.2) is 12.1 Å². The highest BCUT2D eigenvalue weighted by molar-refractivity contribution is 5.49. The average Bonchev–Trinajstić information content (AvgIpc) is 2.62. The van der Waals surface area contributed by atoms with Gasteiger partial charge in [-0.3, -0.25) is 0 Å². The third-order valence-electron chi connectivity index (χ3n) is 2.41. The Morgan fingerprint density at radius 2 is 1.94 bits per heavy atom. The molecule has 0 radical (unpaired) electrons. The smallest absolute Gasteiger partial charge is 0.264 e. The van der Waals surface area contributed by atoms with Crippen LogP contribution >= 0.6 is 0 Å². The highest BCUT2D eigenvalue weighted by Crippen LogP contribution is 2.38. The molecule has 0 fully saturated rings. The third kappa shape index (κ3) is 2.09. The molecule has 1 atom stereocenters. The Bertz CT molecular complexity index is 394. The zero-order chi connectivity index (χ0) is 11.7. The number of ether oxygens (including phenoxy) is 2. The average molecular weight is 229 g/mol. The lowest BCUT2D eigenvalue weighted by Crippen LogP contribution is -2.18. The molecule has 0 saturated carbocycles. The maximum atomic E-state index is 12.8. The molecule has 0 spiro atoms. The van der Waals surface area contributed by atoms with Crippen molar-refractivity contribution in [3.63, 3.8) is 0 Å². The summed E-state index contributed by atoms with van der Waals surface area (Å²) in [5.74, 6) is 0.892. The van der Waals surface area contributed by atoms with Crippen LogP contribution < -0.4 is 15.2 Å². The maximum absolute atomic E-state index is 12.8. The minimum Gasteiger partial charge on any atom is -0.454 e. The molecule has 1 heterocycles. The monoisotopic (exact) mass is 229 g/mol. The second-order valence-corrected chi connectivity index (χ2v) is 3.89. The molecule has 1 unspecified atom stereocenters. The molecule has 1 aliphatic heterocycles. The lowest BCUT2D eigenvalue weighted by molar-refractivity contribution is 0.149. The molecule has 88 valence electrons. The number of hydrogen-bond acceptors (Lipinski definition) is 3. The van der Waals surface area contributed by atoms with E-state index in [4.69, 9.17) is 15.2 Å². The first-order valence-corrected chi connectivity index (χ1v) is 5.04. The molecular weight excluding hydrogens is 216 g/mol. The van der Waals surface area contributed by atoms with Crippen molar-refractivity contribution in [1.82, 2.24) is 0 Å². The van der Waals surface area contributed by atoms with E-state index >= 15 is 0 Å². The van der Waals surface area contributed by atoms with Crippen molar-refractivity contribution < 1.29 is 18.3 Å². The summed E-state index contributed by atoms with van der Waals surface area (Å²) in [6, 6.07) is 2.76. The zero-order valence-electron chi connectivity index (χ0n) is 8.87. The first-order chi connectivity index (χ1) is 7.58. The van der Waals surface area contributed by atoms with E-state index in [0.29, 0.717) is 23.5 Å². The SMILES string of the molecule is CC(N)Cc1cc2c(cc1C(F)F)OCO2. The molecule has 0 amide bonds. The molecule has 3 nitrogen and oxygen atoms in total. The van der Waals surface area contributed by atoms with Crippen molar-refractivity contribution in [2.75, 3.05) is 6.79 Å². The Balaban J connectivity index is 2.40. The largest absolute Gasteiger partial charge is 0.454 e. The van der Waals surface area contributed by atoms with Crippen LogP contribution in [0.4, 0.5) is 8.78 Å². The van der Waals surface area contributed by atoms with E-state index in [0.717, 1.165) is 0 Å². The number of alkyl halides is 2. The van der Waals surface area contributed by atoms with Gasteiger partial charge in [-0.2, -0.15) is 0 Å². The van der Waals surface area contributed by atoms with Gasteiger partial charge in [0.25, 0.3) is 6.43 Å². The molecule has 1 aromatic carbocycles. The molecule has 2 rings (SSSR count). The van der Waals surface area contributed by atoms with Gasteiger partial charge in [0.2, 0.25) is 6.79 Å². The fourth-order valence-electron chi connectivity index (χ4n) is 1.73. The normalized spacial score (nSPS) is 15.6. The lowest BCUT2D eigenvalue weighted by Gasteiger charge is -2.12. The number of hydrogen-bond donors (Lipinski definition) is 1. The van der Waals surface area contributed by atoms with Crippen molar-refractivity contribution >= 4 is 0 Å². The van der Waals surface area contributed by atoms with Crippen molar-refractivity contribution in [3.05, 3.63) is 23.3 Å². The van der Waals surface area contributed by atoms with E-state index in [2.05, 4.69) is 0 Å². The second-order valence-electron chi connectivity index (χ2n) is 3.89. The maximum Gasteiger partial charge on any atom is 0.264 e. The number of nitrogens with two attached hydrogens (primary N) is 1. The van der Waals surface area contributed by atoms with Crippen LogP contribution in [0.25, 0.3) is 0 Å². The molecule has 1 aliphatic rings. The lowest BCUT2D eigenvalue weighted by atomic mass is 10.0. The topological polar surface area (TPSA) is 44.5 Å². The first-order valence-electron chi connectivity index (χ1n) is 5.04. The zero-order valence-corrected chi connectivity index (χ0v) is 8.87. The predicted octanol–water partition coefficient (Wildman–Crippen LogP) is 2.24. The fourth-order valence-corrected chi connectivity index (χ4v) is 1.73. The highest BCUT2D eigenvalue weighted by Gasteiger charge is 2.21. The molecular formula is C11H13F2NO2. The highest BCUT2D eigenvalue weighted by atomic mass is 19.3. The van der Waals surface area contributed by atoms with E-state index in [9.17, 15) is 8.78 Å². The Labute approximate surface area is 92.1 Å². The summed E-state index contributed by atoms with van der Waals surface area (Å²) < 4.78 is 35.8. The van der Waals surface area contributed by atoms with E-state index in [1.54, 1.807) is 13.0 Å². The van der Waals surface area contributed by atoms with Crippen molar-refractivity contribution in [3.8, 4) is 11.5 Å². The summed E-state index contributed by atoms with van der Waals surface area (Å²) in [5, 5.41) is 0. The predicted molar refractivity (Wildman–Crippen MR) is 54.9 cm³/mol. The molecule has 2 N–H and O–H groups in total. The van der Waals surface area contributed by atoms with E-state index in [1.165, 1.54) is 6.07 Å². The van der Waals surface area contributed by atoms with Crippen molar-refractivity contribution in [1.29, 1.82) is 0 Å². The van der Waals surface area contributed by atoms with Gasteiger partial charge in [-0.1, -0.05) is 0 Å². The molecule has 0 aliphatic carbocycles. The van der Waals surface area contributed by atoms with Crippen LogP contribution in [0.1, 0.15) is 24.5 Å². The Kier molecular flexibility index (Phi) is 2.96. The molecule has 0 aromatic heterocycles. The van der Waals surface area contributed by atoms with Crippen LogP contribution in [-0.4, -0.2) is 12.8 Å². The number of rotatable bonds is 3. The third-order valence-corrected chi connectivity index (χ3v) is 2.41. The van der Waals surface area contributed by atoms with Crippen molar-refractivity contribution in [2.45, 2.75) is 25.8 Å². The van der Waals surface area contributed by atoms with Gasteiger partial charge in [0, 0.05) is 11.6 Å². The molecule has 0 bridgehead atoms. The van der Waals surface area contributed by atoms with Crippen molar-refractivity contribution in [2.24, 2.45) is 5.73 Å². The molecule has 0 saturated heterocycles. The first kappa shape index (κ1) is 11.1. The fraction of sp³-hybridized carbons (Fsp3) is 0.455. The summed E-state index contributed by atoms with van der Waals surface area (Å²) in [6.45, 7) is 1.86. The molecule has 5 heteroatoms. The van der Waals surface area contributed by atoms with E-state index < -0.39 is 6.43 Å². The van der Waals surface area contributed by atoms with E-state index in [1.807, 2.05) is 0 Å². The Hall–Kier alpha value is -1.36. The summed E-state index contributed by atoms with van der Waals surface area (Å²) in [6.07, 6.45) is -2.13.